The van der Waals surface area contributed by atoms with Crippen LogP contribution in [-0.4, -0.2) is 46.5 Å². The number of benzene rings is 1. The molecule has 0 spiro atoms. The van der Waals surface area contributed by atoms with Crippen molar-refractivity contribution < 1.29 is 4.79 Å². The maximum atomic E-state index is 11.4. The van der Waals surface area contributed by atoms with Gasteiger partial charge in [-0.25, -0.2) is 0 Å². The van der Waals surface area contributed by atoms with E-state index in [2.05, 4.69) is 9.98 Å². The zero-order valence-electron chi connectivity index (χ0n) is 12.8. The van der Waals surface area contributed by atoms with Crippen molar-refractivity contribution in [2.24, 2.45) is 27.2 Å². The van der Waals surface area contributed by atoms with Crippen molar-refractivity contribution in [2.45, 2.75) is 18.1 Å². The molecule has 1 aromatic carbocycles. The van der Waals surface area contributed by atoms with Gasteiger partial charge in [-0.15, -0.1) is 0 Å². The number of primary amides is 1. The highest BCUT2D eigenvalue weighted by molar-refractivity contribution is 6.44. The third-order valence-corrected chi connectivity index (χ3v) is 3.75. The van der Waals surface area contributed by atoms with Crippen LogP contribution in [0, 0.1) is 5.41 Å². The molecule has 2 rings (SSSR count). The smallest absolute Gasteiger partial charge is 0.266 e. The van der Waals surface area contributed by atoms with Crippen LogP contribution in [0.3, 0.4) is 0 Å². The topological polar surface area (TPSA) is 173 Å². The average Bonchev–Trinajstić information content (AvgIpc) is 2.52. The number of hydrogen-bond donors (Lipinski definition) is 5. The van der Waals surface area contributed by atoms with Crippen LogP contribution in [0.2, 0.25) is 0 Å². The Balaban J connectivity index is 2.10. The molecule has 9 nitrogen and oxygen atoms in total. The summed E-state index contributed by atoms with van der Waals surface area (Å²) >= 11 is 5.92. The summed E-state index contributed by atoms with van der Waals surface area (Å²) in [5.74, 6) is -1.01. The number of guanidine groups is 1. The summed E-state index contributed by atoms with van der Waals surface area (Å²) in [6.45, 7) is 0.363. The number of halogens is 1. The molecular formula is C14H19ClN8O. The largest absolute Gasteiger partial charge is 0.399 e. The minimum Gasteiger partial charge on any atom is -0.399 e. The van der Waals surface area contributed by atoms with Crippen LogP contribution in [0.25, 0.3) is 0 Å². The summed E-state index contributed by atoms with van der Waals surface area (Å²) in [7, 11) is 0. The van der Waals surface area contributed by atoms with Gasteiger partial charge in [-0.3, -0.25) is 25.1 Å². The van der Waals surface area contributed by atoms with Crippen molar-refractivity contribution in [3.05, 3.63) is 29.8 Å². The predicted molar refractivity (Wildman–Crippen MR) is 94.9 cm³/mol. The van der Waals surface area contributed by atoms with E-state index in [4.69, 9.17) is 39.9 Å². The van der Waals surface area contributed by atoms with E-state index in [-0.39, 0.29) is 17.5 Å². The van der Waals surface area contributed by atoms with E-state index in [1.165, 1.54) is 0 Å². The van der Waals surface area contributed by atoms with E-state index in [9.17, 15) is 4.79 Å². The summed E-state index contributed by atoms with van der Waals surface area (Å²) in [6, 6.07) is 7.38. The number of carbonyl (C=O) groups excluding carboxylic acids is 1. The maximum absolute atomic E-state index is 11.4. The number of aliphatic imine (C=N–C) groups is 2. The first-order chi connectivity index (χ1) is 11.3. The highest BCUT2D eigenvalue weighted by atomic mass is 35.5. The number of nitrogen functional groups attached to an aromatic ring is 1. The molecule has 1 amide bonds. The van der Waals surface area contributed by atoms with Gasteiger partial charge in [0, 0.05) is 12.2 Å². The Morgan fingerprint density at radius 2 is 1.96 bits per heavy atom. The first kappa shape index (κ1) is 17.7. The summed E-state index contributed by atoms with van der Waals surface area (Å²) < 4.78 is 0. The monoisotopic (exact) mass is 350 g/mol. The minimum absolute atomic E-state index is 0.0257. The Labute approximate surface area is 143 Å². The van der Waals surface area contributed by atoms with Crippen molar-refractivity contribution in [3.8, 4) is 0 Å². The Morgan fingerprint density at radius 1 is 1.33 bits per heavy atom. The molecule has 2 unspecified atom stereocenters. The fraction of sp³-hybridized carbons (Fsp3) is 0.286. The molecule has 10 heteroatoms. The normalized spacial score (nSPS) is 21.6. The van der Waals surface area contributed by atoms with Gasteiger partial charge in [0.1, 0.15) is 17.7 Å². The summed E-state index contributed by atoms with van der Waals surface area (Å²) in [5.41, 5.74) is 23.1. The van der Waals surface area contributed by atoms with E-state index < -0.39 is 17.6 Å². The number of anilines is 1. The standard InChI is InChI=1S/C14H19ClN8O/c15-10-12(18)23(11(17)9(22-10)13(19)24)14(20)21-6-5-7-1-3-8(16)4-2-7/h1-4,10-11,18H,5-6,16-17H2,(H2,19,24)(H2,20,21). The number of amidine groups is 1. The predicted octanol–water partition coefficient (Wildman–Crippen LogP) is -0.805. The van der Waals surface area contributed by atoms with Crippen LogP contribution in [0.15, 0.2) is 34.3 Å². The highest BCUT2D eigenvalue weighted by Crippen LogP contribution is 2.15. The lowest BCUT2D eigenvalue weighted by atomic mass is 10.1. The number of nitrogens with two attached hydrogens (primary N) is 4. The van der Waals surface area contributed by atoms with Gasteiger partial charge in [0.2, 0.25) is 0 Å². The molecule has 1 heterocycles. The van der Waals surface area contributed by atoms with Crippen LogP contribution in [0.5, 0.6) is 0 Å². The number of amides is 1. The van der Waals surface area contributed by atoms with Crippen LogP contribution in [0.1, 0.15) is 5.56 Å². The van der Waals surface area contributed by atoms with Gasteiger partial charge in [-0.1, -0.05) is 23.7 Å². The van der Waals surface area contributed by atoms with Gasteiger partial charge in [0.15, 0.2) is 11.5 Å². The Morgan fingerprint density at radius 3 is 2.54 bits per heavy atom. The number of hydrogen-bond acceptors (Lipinski definition) is 6. The zero-order chi connectivity index (χ0) is 17.9. The van der Waals surface area contributed by atoms with Crippen LogP contribution in [0.4, 0.5) is 5.69 Å². The highest BCUT2D eigenvalue weighted by Gasteiger charge is 2.36. The maximum Gasteiger partial charge on any atom is 0.266 e. The lowest BCUT2D eigenvalue weighted by molar-refractivity contribution is -0.112. The third kappa shape index (κ3) is 3.81. The molecule has 9 N–H and O–H groups in total. The molecule has 0 saturated heterocycles. The second-order valence-corrected chi connectivity index (χ2v) is 5.56. The minimum atomic E-state index is -1.10. The Kier molecular flexibility index (Phi) is 5.37. The van der Waals surface area contributed by atoms with Crippen LogP contribution < -0.4 is 22.9 Å². The fourth-order valence-corrected chi connectivity index (χ4v) is 2.39. The zero-order valence-corrected chi connectivity index (χ0v) is 13.6. The van der Waals surface area contributed by atoms with Crippen molar-refractivity contribution in [1.82, 2.24) is 4.90 Å². The van der Waals surface area contributed by atoms with E-state index in [0.29, 0.717) is 18.7 Å². The van der Waals surface area contributed by atoms with Gasteiger partial charge >= 0.3 is 0 Å². The lowest BCUT2D eigenvalue weighted by Gasteiger charge is -2.34. The van der Waals surface area contributed by atoms with Crippen molar-refractivity contribution >= 4 is 40.7 Å². The van der Waals surface area contributed by atoms with Crippen LogP contribution >= 0.6 is 11.6 Å². The second-order valence-electron chi connectivity index (χ2n) is 5.15. The molecule has 2 atom stereocenters. The fourth-order valence-electron chi connectivity index (χ4n) is 2.18. The molecule has 0 saturated carbocycles. The van der Waals surface area contributed by atoms with Gasteiger partial charge in [-0.05, 0) is 24.1 Å². The molecule has 0 radical (unpaired) electrons. The van der Waals surface area contributed by atoms with E-state index in [1.807, 2.05) is 12.1 Å². The van der Waals surface area contributed by atoms with Crippen LogP contribution in [-0.2, 0) is 11.2 Å². The number of rotatable bonds is 4. The van der Waals surface area contributed by atoms with Gasteiger partial charge in [0.25, 0.3) is 5.91 Å². The number of alkyl halides is 1. The first-order valence-electron chi connectivity index (χ1n) is 7.10. The van der Waals surface area contributed by atoms with Crippen molar-refractivity contribution in [3.63, 3.8) is 0 Å². The van der Waals surface area contributed by atoms with E-state index in [0.717, 1.165) is 10.5 Å². The second kappa shape index (κ2) is 7.28. The molecular weight excluding hydrogens is 332 g/mol. The van der Waals surface area contributed by atoms with Gasteiger partial charge < -0.3 is 22.9 Å². The van der Waals surface area contributed by atoms with E-state index in [1.54, 1.807) is 12.1 Å². The summed E-state index contributed by atoms with van der Waals surface area (Å²) in [6.07, 6.45) is -0.469. The lowest BCUT2D eigenvalue weighted by Crippen LogP contribution is -2.62. The molecule has 24 heavy (non-hydrogen) atoms. The van der Waals surface area contributed by atoms with E-state index >= 15 is 0 Å². The molecule has 128 valence electrons. The molecule has 1 aliphatic rings. The van der Waals surface area contributed by atoms with Crippen molar-refractivity contribution in [1.29, 1.82) is 5.41 Å². The van der Waals surface area contributed by atoms with Crippen molar-refractivity contribution in [2.75, 3.05) is 12.3 Å². The van der Waals surface area contributed by atoms with Gasteiger partial charge in [-0.2, -0.15) is 0 Å². The van der Waals surface area contributed by atoms with Gasteiger partial charge in [0.05, 0.1) is 0 Å². The average molecular weight is 351 g/mol. The quantitative estimate of drug-likeness (QED) is 0.157. The summed E-state index contributed by atoms with van der Waals surface area (Å²) in [4.78, 5) is 20.5. The molecule has 0 aromatic heterocycles. The third-order valence-electron chi connectivity index (χ3n) is 3.45. The summed E-state index contributed by atoms with van der Waals surface area (Å²) in [5, 5.41) is 7.95. The molecule has 0 fully saturated rings. The number of nitrogens with one attached hydrogen (secondary N) is 1. The molecule has 0 aliphatic carbocycles. The SMILES string of the molecule is N=C1C(Cl)N=C(C(N)=O)C(N)N1C(N)=NCCc1ccc(N)cc1. The molecule has 1 aromatic rings. The number of nitrogens with zero attached hydrogens (tertiary/aromatic N) is 3. The Bertz CT molecular complexity index is 699. The Hall–Kier alpha value is -2.65. The molecule has 1 aliphatic heterocycles. The molecule has 0 bridgehead atoms. The first-order valence-corrected chi connectivity index (χ1v) is 7.54. The number of carbonyl (C=O) groups is 1.